The minimum absolute atomic E-state index is 0.0824. The maximum absolute atomic E-state index is 5.89. The van der Waals surface area contributed by atoms with Crippen LogP contribution in [0.4, 0.5) is 5.69 Å². The largest absolute Gasteiger partial charge is 0.368 e. The van der Waals surface area contributed by atoms with E-state index in [2.05, 4.69) is 59.8 Å². The Kier molecular flexibility index (Phi) is 5.47. The molecule has 2 atom stereocenters. The summed E-state index contributed by atoms with van der Waals surface area (Å²) in [6.07, 6.45) is 1.15. The maximum Gasteiger partial charge on any atom is 0.0513 e. The Bertz CT molecular complexity index is 363. The van der Waals surface area contributed by atoms with Crippen molar-refractivity contribution in [2.45, 2.75) is 46.2 Å². The Hall–Kier alpha value is -0.540. The lowest BCUT2D eigenvalue weighted by Crippen LogP contribution is -2.32. The number of benzene rings is 1. The van der Waals surface area contributed by atoms with E-state index in [1.54, 1.807) is 0 Å². The second-order valence-corrected chi connectivity index (χ2v) is 5.40. The number of halogens is 1. The third kappa shape index (κ3) is 3.46. The van der Waals surface area contributed by atoms with E-state index in [1.165, 1.54) is 11.3 Å². The molecule has 1 unspecified atom stereocenters. The molecule has 0 aliphatic rings. The molecular weight excluding hydrogens is 276 g/mol. The number of hydrogen-bond acceptors (Lipinski definition) is 2. The van der Waals surface area contributed by atoms with E-state index in [9.17, 15) is 0 Å². The Morgan fingerprint density at radius 2 is 1.94 bits per heavy atom. The number of rotatable bonds is 5. The molecule has 1 aromatic carbocycles. The molecule has 0 heterocycles. The van der Waals surface area contributed by atoms with Gasteiger partial charge in [-0.25, -0.2) is 0 Å². The van der Waals surface area contributed by atoms with Crippen LogP contribution in [0.3, 0.4) is 0 Å². The molecule has 0 aliphatic heterocycles. The molecule has 1 rings (SSSR count). The SMILES string of the molecule is CCC(C)N(CC)c1ccc([C@H](C)N)cc1Br. The molecule has 0 bridgehead atoms. The standard InChI is InChI=1S/C14H23BrN2/c1-5-10(3)17(6-2)14-8-7-12(11(4)16)9-13(14)15/h7-11H,5-6,16H2,1-4H3/t10?,11-/m0/s1. The van der Waals surface area contributed by atoms with Crippen LogP contribution in [0.25, 0.3) is 0 Å². The highest BCUT2D eigenvalue weighted by molar-refractivity contribution is 9.10. The minimum atomic E-state index is 0.0824. The van der Waals surface area contributed by atoms with Crippen molar-refractivity contribution in [2.75, 3.05) is 11.4 Å². The van der Waals surface area contributed by atoms with Gasteiger partial charge in [-0.15, -0.1) is 0 Å². The average molecular weight is 299 g/mol. The van der Waals surface area contributed by atoms with E-state index < -0.39 is 0 Å². The van der Waals surface area contributed by atoms with Crippen molar-refractivity contribution in [1.82, 2.24) is 0 Å². The van der Waals surface area contributed by atoms with Gasteiger partial charge in [-0.3, -0.25) is 0 Å². The van der Waals surface area contributed by atoms with Crippen LogP contribution < -0.4 is 10.6 Å². The zero-order valence-electron chi connectivity index (χ0n) is 11.2. The maximum atomic E-state index is 5.89. The van der Waals surface area contributed by atoms with Crippen molar-refractivity contribution in [3.63, 3.8) is 0 Å². The molecule has 0 saturated heterocycles. The fraction of sp³-hybridized carbons (Fsp3) is 0.571. The zero-order chi connectivity index (χ0) is 13.0. The van der Waals surface area contributed by atoms with Crippen molar-refractivity contribution in [2.24, 2.45) is 5.73 Å². The third-order valence-electron chi connectivity index (χ3n) is 3.27. The fourth-order valence-corrected chi connectivity index (χ4v) is 2.60. The van der Waals surface area contributed by atoms with Crippen molar-refractivity contribution < 1.29 is 0 Å². The first-order chi connectivity index (χ1) is 8.01. The molecule has 3 heteroatoms. The monoisotopic (exact) mass is 298 g/mol. The van der Waals surface area contributed by atoms with Crippen molar-refractivity contribution in [3.8, 4) is 0 Å². The summed E-state index contributed by atoms with van der Waals surface area (Å²) in [6, 6.07) is 7.05. The summed E-state index contributed by atoms with van der Waals surface area (Å²) >= 11 is 3.66. The molecule has 0 amide bonds. The molecule has 0 aromatic heterocycles. The minimum Gasteiger partial charge on any atom is -0.368 e. The molecule has 1 aromatic rings. The predicted octanol–water partition coefficient (Wildman–Crippen LogP) is 4.09. The highest BCUT2D eigenvalue weighted by Crippen LogP contribution is 2.30. The fourth-order valence-electron chi connectivity index (χ4n) is 1.98. The van der Waals surface area contributed by atoms with Gasteiger partial charge in [0.2, 0.25) is 0 Å². The van der Waals surface area contributed by atoms with Crippen LogP contribution in [0.2, 0.25) is 0 Å². The first-order valence-corrected chi connectivity index (χ1v) is 7.12. The van der Waals surface area contributed by atoms with Gasteiger partial charge in [-0.1, -0.05) is 13.0 Å². The van der Waals surface area contributed by atoms with Crippen LogP contribution in [-0.2, 0) is 0 Å². The van der Waals surface area contributed by atoms with Crippen LogP contribution in [0.15, 0.2) is 22.7 Å². The lowest BCUT2D eigenvalue weighted by molar-refractivity contribution is 0.629. The Morgan fingerprint density at radius 3 is 2.35 bits per heavy atom. The quantitative estimate of drug-likeness (QED) is 0.887. The molecule has 0 radical (unpaired) electrons. The Labute approximate surface area is 113 Å². The molecule has 17 heavy (non-hydrogen) atoms. The van der Waals surface area contributed by atoms with E-state index in [0.29, 0.717) is 6.04 Å². The molecule has 0 aliphatic carbocycles. The zero-order valence-corrected chi connectivity index (χ0v) is 12.8. The number of anilines is 1. The summed E-state index contributed by atoms with van der Waals surface area (Å²) in [7, 11) is 0. The Morgan fingerprint density at radius 1 is 1.29 bits per heavy atom. The summed E-state index contributed by atoms with van der Waals surface area (Å²) < 4.78 is 1.13. The normalized spacial score (nSPS) is 14.5. The van der Waals surface area contributed by atoms with E-state index in [4.69, 9.17) is 5.73 Å². The summed E-state index contributed by atoms with van der Waals surface area (Å²) in [5, 5.41) is 0. The third-order valence-corrected chi connectivity index (χ3v) is 3.91. The molecule has 2 N–H and O–H groups in total. The molecule has 96 valence electrons. The van der Waals surface area contributed by atoms with Crippen molar-refractivity contribution in [1.29, 1.82) is 0 Å². The second-order valence-electron chi connectivity index (χ2n) is 4.54. The summed E-state index contributed by atoms with van der Waals surface area (Å²) in [5.74, 6) is 0. The van der Waals surface area contributed by atoms with Crippen molar-refractivity contribution >= 4 is 21.6 Å². The van der Waals surface area contributed by atoms with Crippen LogP contribution >= 0.6 is 15.9 Å². The molecule has 2 nitrogen and oxygen atoms in total. The Balaban J connectivity index is 3.05. The lowest BCUT2D eigenvalue weighted by Gasteiger charge is -2.30. The van der Waals surface area contributed by atoms with Crippen LogP contribution in [0.5, 0.6) is 0 Å². The van der Waals surface area contributed by atoms with E-state index in [0.717, 1.165) is 17.4 Å². The highest BCUT2D eigenvalue weighted by Gasteiger charge is 2.14. The van der Waals surface area contributed by atoms with Gasteiger partial charge < -0.3 is 10.6 Å². The second kappa shape index (κ2) is 6.41. The number of nitrogens with zero attached hydrogens (tertiary/aromatic N) is 1. The molecule has 0 saturated carbocycles. The topological polar surface area (TPSA) is 29.3 Å². The smallest absolute Gasteiger partial charge is 0.0513 e. The van der Waals surface area contributed by atoms with Gasteiger partial charge >= 0.3 is 0 Å². The first kappa shape index (κ1) is 14.5. The summed E-state index contributed by atoms with van der Waals surface area (Å²) in [6.45, 7) is 9.70. The molecule has 0 spiro atoms. The number of nitrogens with two attached hydrogens (primary N) is 1. The van der Waals surface area contributed by atoms with Gasteiger partial charge in [0.15, 0.2) is 0 Å². The lowest BCUT2D eigenvalue weighted by atomic mass is 10.1. The number of hydrogen-bond donors (Lipinski definition) is 1. The van der Waals surface area contributed by atoms with Gasteiger partial charge in [0.1, 0.15) is 0 Å². The molecule has 0 fully saturated rings. The van der Waals surface area contributed by atoms with Gasteiger partial charge in [0, 0.05) is 23.1 Å². The van der Waals surface area contributed by atoms with E-state index >= 15 is 0 Å². The van der Waals surface area contributed by atoms with E-state index in [1.807, 2.05) is 6.92 Å². The van der Waals surface area contributed by atoms with Gasteiger partial charge in [-0.2, -0.15) is 0 Å². The predicted molar refractivity (Wildman–Crippen MR) is 79.5 cm³/mol. The van der Waals surface area contributed by atoms with Gasteiger partial charge in [-0.05, 0) is 60.8 Å². The summed E-state index contributed by atoms with van der Waals surface area (Å²) in [5.41, 5.74) is 8.32. The van der Waals surface area contributed by atoms with Crippen LogP contribution in [-0.4, -0.2) is 12.6 Å². The van der Waals surface area contributed by atoms with Crippen LogP contribution in [0.1, 0.15) is 45.7 Å². The summed E-state index contributed by atoms with van der Waals surface area (Å²) in [4.78, 5) is 2.41. The first-order valence-electron chi connectivity index (χ1n) is 6.32. The molecular formula is C14H23BrN2. The van der Waals surface area contributed by atoms with Gasteiger partial charge in [0.05, 0.1) is 5.69 Å². The van der Waals surface area contributed by atoms with Crippen molar-refractivity contribution in [3.05, 3.63) is 28.2 Å². The average Bonchev–Trinajstić information content (AvgIpc) is 2.31. The van der Waals surface area contributed by atoms with E-state index in [-0.39, 0.29) is 6.04 Å². The van der Waals surface area contributed by atoms with Gasteiger partial charge in [0.25, 0.3) is 0 Å². The van der Waals surface area contributed by atoms with Crippen LogP contribution in [0, 0.1) is 0 Å². The highest BCUT2D eigenvalue weighted by atomic mass is 79.9.